The van der Waals surface area contributed by atoms with E-state index in [0.29, 0.717) is 6.42 Å². The molecule has 5 nitrogen and oxygen atoms in total. The lowest BCUT2D eigenvalue weighted by Crippen LogP contribution is -2.00. The van der Waals surface area contributed by atoms with Crippen molar-refractivity contribution in [3.8, 4) is 11.4 Å². The first kappa shape index (κ1) is 9.47. The number of aromatic carboxylic acids is 1. The molecule has 5 heteroatoms. The first-order valence-corrected chi connectivity index (χ1v) is 5.66. The fourth-order valence-corrected chi connectivity index (χ4v) is 2.69. The fraction of sp³-hybridized carbons (Fsp3) is 0.0769. The predicted octanol–water partition coefficient (Wildman–Crippen LogP) is 2.16. The van der Waals surface area contributed by atoms with Crippen molar-refractivity contribution in [1.82, 2.24) is 15.2 Å². The molecule has 0 amide bonds. The normalized spacial score (nSPS) is 12.7. The van der Waals surface area contributed by atoms with Crippen molar-refractivity contribution in [2.24, 2.45) is 0 Å². The maximum Gasteiger partial charge on any atom is 0.356 e. The zero-order valence-electron chi connectivity index (χ0n) is 9.32. The van der Waals surface area contributed by atoms with E-state index >= 15 is 0 Å². The van der Waals surface area contributed by atoms with Gasteiger partial charge in [0.1, 0.15) is 0 Å². The Morgan fingerprint density at radius 2 is 2.06 bits per heavy atom. The van der Waals surface area contributed by atoms with E-state index in [1.807, 2.05) is 24.3 Å². The van der Waals surface area contributed by atoms with Gasteiger partial charge in [-0.3, -0.25) is 5.10 Å². The van der Waals surface area contributed by atoms with Crippen molar-refractivity contribution in [3.63, 3.8) is 0 Å². The van der Waals surface area contributed by atoms with Crippen LogP contribution in [0, 0.1) is 0 Å². The van der Waals surface area contributed by atoms with E-state index in [0.717, 1.165) is 33.4 Å². The third kappa shape index (κ3) is 1.01. The lowest BCUT2D eigenvalue weighted by molar-refractivity contribution is 0.0689. The molecule has 3 aromatic rings. The van der Waals surface area contributed by atoms with Gasteiger partial charge in [0.25, 0.3) is 0 Å². The monoisotopic (exact) mass is 239 g/mol. The molecule has 0 atom stereocenters. The number of benzene rings is 1. The number of fused-ring (bicyclic) bond motifs is 5. The standard InChI is InChI=1S/C13H9N3O2/c17-13(18)12-8-5-7-6-3-1-2-4-9(6)14-10(7)11(8)15-16-12/h1-4,14H,5H2,(H,15,16)(H,17,18). The number of aromatic amines is 2. The quantitative estimate of drug-likeness (QED) is 0.476. The van der Waals surface area contributed by atoms with Crippen molar-refractivity contribution in [3.05, 3.63) is 41.1 Å². The van der Waals surface area contributed by atoms with E-state index in [1.165, 1.54) is 0 Å². The molecule has 0 unspecified atom stereocenters. The van der Waals surface area contributed by atoms with Crippen LogP contribution in [0.1, 0.15) is 21.6 Å². The minimum absolute atomic E-state index is 0.124. The lowest BCUT2D eigenvalue weighted by atomic mass is 10.1. The summed E-state index contributed by atoms with van der Waals surface area (Å²) < 4.78 is 0. The lowest BCUT2D eigenvalue weighted by Gasteiger charge is -1.94. The van der Waals surface area contributed by atoms with Gasteiger partial charge in [0.15, 0.2) is 5.69 Å². The maximum atomic E-state index is 11.1. The average molecular weight is 239 g/mol. The fourth-order valence-electron chi connectivity index (χ4n) is 2.69. The molecule has 0 radical (unpaired) electrons. The third-order valence-electron chi connectivity index (χ3n) is 3.49. The van der Waals surface area contributed by atoms with Gasteiger partial charge >= 0.3 is 5.97 Å². The second kappa shape index (κ2) is 3.01. The molecule has 0 spiro atoms. The summed E-state index contributed by atoms with van der Waals surface area (Å²) in [4.78, 5) is 14.4. The van der Waals surface area contributed by atoms with E-state index < -0.39 is 5.97 Å². The van der Waals surface area contributed by atoms with E-state index in [9.17, 15) is 4.79 Å². The van der Waals surface area contributed by atoms with Crippen LogP contribution < -0.4 is 0 Å². The van der Waals surface area contributed by atoms with Crippen LogP contribution in [-0.2, 0) is 6.42 Å². The molecule has 0 bridgehead atoms. The van der Waals surface area contributed by atoms with Crippen LogP contribution in [0.25, 0.3) is 22.3 Å². The molecule has 1 aliphatic rings. The molecular weight excluding hydrogens is 230 g/mol. The zero-order chi connectivity index (χ0) is 12.3. The van der Waals surface area contributed by atoms with Gasteiger partial charge in [0, 0.05) is 22.9 Å². The SMILES string of the molecule is O=C(O)c1n[nH]c2c1Cc1c-2[nH]c2ccccc12. The van der Waals surface area contributed by atoms with Crippen LogP contribution in [0.3, 0.4) is 0 Å². The summed E-state index contributed by atoms with van der Waals surface area (Å²) in [7, 11) is 0. The second-order valence-electron chi connectivity index (χ2n) is 4.43. The summed E-state index contributed by atoms with van der Waals surface area (Å²) in [5, 5.41) is 16.9. The molecule has 0 saturated heterocycles. The van der Waals surface area contributed by atoms with Crippen molar-refractivity contribution >= 4 is 16.9 Å². The summed E-state index contributed by atoms with van der Waals surface area (Å²) in [5.74, 6) is -0.984. The number of aromatic nitrogens is 3. The molecule has 2 heterocycles. The number of hydrogen-bond acceptors (Lipinski definition) is 2. The van der Waals surface area contributed by atoms with E-state index in [1.54, 1.807) is 0 Å². The van der Waals surface area contributed by atoms with Crippen molar-refractivity contribution < 1.29 is 9.90 Å². The molecule has 0 saturated carbocycles. The van der Waals surface area contributed by atoms with Gasteiger partial charge in [-0.15, -0.1) is 0 Å². The van der Waals surface area contributed by atoms with Gasteiger partial charge in [-0.05, 0) is 11.6 Å². The Morgan fingerprint density at radius 3 is 2.89 bits per heavy atom. The Balaban J connectivity index is 2.02. The maximum absolute atomic E-state index is 11.1. The number of carboxylic acid groups (broad SMARTS) is 1. The number of nitrogens with zero attached hydrogens (tertiary/aromatic N) is 1. The van der Waals surface area contributed by atoms with Crippen LogP contribution >= 0.6 is 0 Å². The van der Waals surface area contributed by atoms with Crippen LogP contribution in [0.15, 0.2) is 24.3 Å². The van der Waals surface area contributed by atoms with Crippen molar-refractivity contribution in [2.45, 2.75) is 6.42 Å². The molecule has 2 aromatic heterocycles. The highest BCUT2D eigenvalue weighted by Crippen LogP contribution is 2.40. The summed E-state index contributed by atoms with van der Waals surface area (Å²) in [6, 6.07) is 8.02. The smallest absolute Gasteiger partial charge is 0.356 e. The number of carbonyl (C=O) groups is 1. The number of H-pyrrole nitrogens is 2. The van der Waals surface area contributed by atoms with Gasteiger partial charge in [0.05, 0.1) is 11.4 Å². The minimum Gasteiger partial charge on any atom is -0.476 e. The number of para-hydroxylation sites is 1. The zero-order valence-corrected chi connectivity index (χ0v) is 9.32. The summed E-state index contributed by atoms with van der Waals surface area (Å²) >= 11 is 0. The molecule has 1 aliphatic carbocycles. The van der Waals surface area contributed by atoms with Gasteiger partial charge in [-0.2, -0.15) is 5.10 Å². The van der Waals surface area contributed by atoms with Gasteiger partial charge in [0.2, 0.25) is 0 Å². The van der Waals surface area contributed by atoms with E-state index in [4.69, 9.17) is 5.11 Å². The summed E-state index contributed by atoms with van der Waals surface area (Å²) in [5.41, 5.74) is 4.88. The molecule has 4 rings (SSSR count). The average Bonchev–Trinajstić information content (AvgIpc) is 2.97. The van der Waals surface area contributed by atoms with Crippen LogP contribution in [0.4, 0.5) is 0 Å². The Labute approximate surface area is 101 Å². The van der Waals surface area contributed by atoms with Crippen molar-refractivity contribution in [1.29, 1.82) is 0 Å². The highest BCUT2D eigenvalue weighted by molar-refractivity contribution is 5.97. The topological polar surface area (TPSA) is 81.8 Å². The third-order valence-corrected chi connectivity index (χ3v) is 3.49. The number of rotatable bonds is 1. The van der Waals surface area contributed by atoms with E-state index in [-0.39, 0.29) is 5.69 Å². The van der Waals surface area contributed by atoms with Crippen LogP contribution in [0.2, 0.25) is 0 Å². The van der Waals surface area contributed by atoms with Gasteiger partial charge < -0.3 is 10.1 Å². The second-order valence-corrected chi connectivity index (χ2v) is 4.43. The van der Waals surface area contributed by atoms with Gasteiger partial charge in [-0.25, -0.2) is 4.79 Å². The minimum atomic E-state index is -0.984. The highest BCUT2D eigenvalue weighted by Gasteiger charge is 2.30. The first-order valence-electron chi connectivity index (χ1n) is 5.66. The Bertz CT molecular complexity index is 798. The molecule has 1 aromatic carbocycles. The first-order chi connectivity index (χ1) is 8.75. The molecule has 88 valence electrons. The molecule has 18 heavy (non-hydrogen) atoms. The Kier molecular flexibility index (Phi) is 1.58. The van der Waals surface area contributed by atoms with Crippen molar-refractivity contribution in [2.75, 3.05) is 0 Å². The Morgan fingerprint density at radius 1 is 1.22 bits per heavy atom. The molecule has 0 aliphatic heterocycles. The summed E-state index contributed by atoms with van der Waals surface area (Å²) in [6.07, 6.45) is 0.618. The number of nitrogens with one attached hydrogen (secondary N) is 2. The van der Waals surface area contributed by atoms with E-state index in [2.05, 4.69) is 15.2 Å². The predicted molar refractivity (Wildman–Crippen MR) is 65.6 cm³/mol. The molecular formula is C13H9N3O2. The molecule has 0 fully saturated rings. The van der Waals surface area contributed by atoms with Crippen LogP contribution in [0.5, 0.6) is 0 Å². The summed E-state index contributed by atoms with van der Waals surface area (Å²) in [6.45, 7) is 0. The molecule has 3 N–H and O–H groups in total. The van der Waals surface area contributed by atoms with Crippen LogP contribution in [-0.4, -0.2) is 26.3 Å². The number of hydrogen-bond donors (Lipinski definition) is 3. The largest absolute Gasteiger partial charge is 0.476 e. The number of carboxylic acids is 1. The van der Waals surface area contributed by atoms with Gasteiger partial charge in [-0.1, -0.05) is 18.2 Å². The Hall–Kier alpha value is -2.56. The highest BCUT2D eigenvalue weighted by atomic mass is 16.4.